The van der Waals surface area contributed by atoms with Crippen molar-refractivity contribution in [3.63, 3.8) is 0 Å². The Hall–Kier alpha value is -2.04. The van der Waals surface area contributed by atoms with Crippen molar-refractivity contribution in [2.75, 3.05) is 5.32 Å². The Morgan fingerprint density at radius 3 is 2.74 bits per heavy atom. The summed E-state index contributed by atoms with van der Waals surface area (Å²) < 4.78 is 0. The summed E-state index contributed by atoms with van der Waals surface area (Å²) in [5, 5.41) is 7.38. The lowest BCUT2D eigenvalue weighted by molar-refractivity contribution is -0.126. The summed E-state index contributed by atoms with van der Waals surface area (Å²) in [5.41, 5.74) is 2.39. The third kappa shape index (κ3) is 4.98. The molecule has 1 N–H and O–H groups in total. The van der Waals surface area contributed by atoms with Gasteiger partial charge in [-0.15, -0.1) is 0 Å². The number of rotatable bonds is 5. The van der Waals surface area contributed by atoms with Gasteiger partial charge in [-0.1, -0.05) is 52.6 Å². The van der Waals surface area contributed by atoms with E-state index < -0.39 is 6.10 Å². The maximum Gasteiger partial charge on any atom is 0.267 e. The van der Waals surface area contributed by atoms with Crippen molar-refractivity contribution < 1.29 is 9.63 Å². The predicted molar refractivity (Wildman–Crippen MR) is 94.4 cm³/mol. The van der Waals surface area contributed by atoms with Crippen LogP contribution in [0.2, 0.25) is 10.0 Å². The minimum Gasteiger partial charge on any atom is -0.383 e. The molecule has 0 saturated heterocycles. The molecule has 0 unspecified atom stereocenters. The predicted octanol–water partition coefficient (Wildman–Crippen LogP) is 4.68. The molecule has 0 aliphatic heterocycles. The molecule has 0 spiro atoms. The van der Waals surface area contributed by atoms with Gasteiger partial charge in [0, 0.05) is 11.3 Å². The van der Waals surface area contributed by atoms with Gasteiger partial charge in [0.25, 0.3) is 5.91 Å². The fraction of sp³-hybridized carbons (Fsp3) is 0.176. The Kier molecular flexibility index (Phi) is 6.02. The molecule has 0 radical (unpaired) electrons. The number of halogens is 2. The zero-order chi connectivity index (χ0) is 16.8. The van der Waals surface area contributed by atoms with Gasteiger partial charge in [0.15, 0.2) is 0 Å². The first-order valence-electron chi connectivity index (χ1n) is 6.98. The van der Waals surface area contributed by atoms with E-state index in [1.165, 1.54) is 6.21 Å². The van der Waals surface area contributed by atoms with Gasteiger partial charge < -0.3 is 10.2 Å². The van der Waals surface area contributed by atoms with Crippen molar-refractivity contribution in [1.82, 2.24) is 0 Å². The van der Waals surface area contributed by atoms with Crippen molar-refractivity contribution in [1.29, 1.82) is 0 Å². The Morgan fingerprint density at radius 1 is 1.26 bits per heavy atom. The highest BCUT2D eigenvalue weighted by atomic mass is 35.5. The van der Waals surface area contributed by atoms with E-state index in [4.69, 9.17) is 28.0 Å². The molecule has 0 fully saturated rings. The second-order valence-electron chi connectivity index (χ2n) is 4.98. The lowest BCUT2D eigenvalue weighted by atomic mass is 10.2. The Balaban J connectivity index is 1.93. The lowest BCUT2D eigenvalue weighted by Gasteiger charge is -2.11. The second kappa shape index (κ2) is 7.99. The molecule has 2 aromatic rings. The maximum absolute atomic E-state index is 12.0. The van der Waals surface area contributed by atoms with Crippen LogP contribution in [0.1, 0.15) is 18.1 Å². The standard InChI is InChI=1S/C17H16Cl2N2O2/c1-11-5-3-7-14(9-11)21-17(22)12(2)23-20-10-13-6-4-8-15(18)16(13)19/h3-10,12H,1-2H3,(H,21,22)/b20-10-/t12-/m0/s1. The summed E-state index contributed by atoms with van der Waals surface area (Å²) in [5.74, 6) is -0.287. The van der Waals surface area contributed by atoms with Crippen LogP contribution in [-0.2, 0) is 9.63 Å². The molecular weight excluding hydrogens is 335 g/mol. The van der Waals surface area contributed by atoms with E-state index in [0.717, 1.165) is 5.56 Å². The number of carbonyl (C=O) groups is 1. The van der Waals surface area contributed by atoms with Gasteiger partial charge in [-0.05, 0) is 37.6 Å². The average molecular weight is 351 g/mol. The third-order valence-electron chi connectivity index (χ3n) is 3.05. The number of anilines is 1. The highest BCUT2D eigenvalue weighted by Gasteiger charge is 2.14. The van der Waals surface area contributed by atoms with Gasteiger partial charge in [0.2, 0.25) is 6.10 Å². The van der Waals surface area contributed by atoms with Crippen molar-refractivity contribution in [2.24, 2.45) is 5.16 Å². The van der Waals surface area contributed by atoms with Crippen LogP contribution in [0.3, 0.4) is 0 Å². The Labute approximate surface area is 145 Å². The molecule has 120 valence electrons. The van der Waals surface area contributed by atoms with E-state index in [9.17, 15) is 4.79 Å². The number of hydrogen-bond acceptors (Lipinski definition) is 3. The van der Waals surface area contributed by atoms with E-state index in [0.29, 0.717) is 21.3 Å². The van der Waals surface area contributed by atoms with Crippen LogP contribution in [0.5, 0.6) is 0 Å². The van der Waals surface area contributed by atoms with Gasteiger partial charge in [-0.2, -0.15) is 0 Å². The normalized spacial score (nSPS) is 12.2. The first-order valence-corrected chi connectivity index (χ1v) is 7.73. The third-order valence-corrected chi connectivity index (χ3v) is 3.88. The summed E-state index contributed by atoms with van der Waals surface area (Å²) in [4.78, 5) is 17.2. The fourth-order valence-corrected chi connectivity index (χ4v) is 2.17. The lowest BCUT2D eigenvalue weighted by Crippen LogP contribution is -2.26. The topological polar surface area (TPSA) is 50.7 Å². The molecule has 0 heterocycles. The molecule has 0 aliphatic carbocycles. The molecule has 6 heteroatoms. The first kappa shape index (κ1) is 17.3. The van der Waals surface area contributed by atoms with Crippen LogP contribution in [-0.4, -0.2) is 18.2 Å². The summed E-state index contributed by atoms with van der Waals surface area (Å²) >= 11 is 11.9. The number of nitrogens with one attached hydrogen (secondary N) is 1. The van der Waals surface area contributed by atoms with Gasteiger partial charge in [0.1, 0.15) is 0 Å². The summed E-state index contributed by atoms with van der Waals surface area (Å²) in [6.45, 7) is 3.57. The van der Waals surface area contributed by atoms with E-state index >= 15 is 0 Å². The zero-order valence-electron chi connectivity index (χ0n) is 12.7. The number of hydrogen-bond donors (Lipinski definition) is 1. The zero-order valence-corrected chi connectivity index (χ0v) is 14.2. The smallest absolute Gasteiger partial charge is 0.267 e. The van der Waals surface area contributed by atoms with E-state index in [2.05, 4.69) is 10.5 Å². The molecule has 2 rings (SSSR count). The first-order chi connectivity index (χ1) is 11.0. The van der Waals surface area contributed by atoms with Crippen molar-refractivity contribution in [2.45, 2.75) is 20.0 Å². The quantitative estimate of drug-likeness (QED) is 0.628. The molecule has 0 aliphatic rings. The van der Waals surface area contributed by atoms with Gasteiger partial charge in [-0.3, -0.25) is 4.79 Å². The molecule has 2 aromatic carbocycles. The minimum absolute atomic E-state index is 0.287. The van der Waals surface area contributed by atoms with E-state index in [1.54, 1.807) is 25.1 Å². The number of oxime groups is 1. The summed E-state index contributed by atoms with van der Waals surface area (Å²) in [6, 6.07) is 12.7. The highest BCUT2D eigenvalue weighted by Crippen LogP contribution is 2.24. The van der Waals surface area contributed by atoms with Crippen LogP contribution in [0.25, 0.3) is 0 Å². The summed E-state index contributed by atoms with van der Waals surface area (Å²) in [7, 11) is 0. The van der Waals surface area contributed by atoms with E-state index in [-0.39, 0.29) is 5.91 Å². The van der Waals surface area contributed by atoms with Crippen LogP contribution in [0.4, 0.5) is 5.69 Å². The van der Waals surface area contributed by atoms with Crippen LogP contribution >= 0.6 is 23.2 Å². The highest BCUT2D eigenvalue weighted by molar-refractivity contribution is 6.43. The summed E-state index contributed by atoms with van der Waals surface area (Å²) in [6.07, 6.45) is 0.676. The molecule has 0 saturated carbocycles. The molecular formula is C17H16Cl2N2O2. The molecule has 0 aromatic heterocycles. The molecule has 1 atom stereocenters. The van der Waals surface area contributed by atoms with Crippen molar-refractivity contribution in [3.8, 4) is 0 Å². The van der Waals surface area contributed by atoms with Gasteiger partial charge >= 0.3 is 0 Å². The van der Waals surface area contributed by atoms with Crippen LogP contribution in [0, 0.1) is 6.92 Å². The second-order valence-corrected chi connectivity index (χ2v) is 5.77. The Bertz CT molecular complexity index is 732. The average Bonchev–Trinajstić information content (AvgIpc) is 2.51. The molecule has 23 heavy (non-hydrogen) atoms. The molecule has 1 amide bonds. The molecule has 0 bridgehead atoms. The van der Waals surface area contributed by atoms with Crippen LogP contribution in [0.15, 0.2) is 47.6 Å². The monoisotopic (exact) mass is 350 g/mol. The number of nitrogens with zero attached hydrogens (tertiary/aromatic N) is 1. The number of aryl methyl sites for hydroxylation is 1. The fourth-order valence-electron chi connectivity index (χ4n) is 1.81. The number of benzene rings is 2. The van der Waals surface area contributed by atoms with E-state index in [1.807, 2.05) is 31.2 Å². The Morgan fingerprint density at radius 2 is 2.00 bits per heavy atom. The molecule has 4 nitrogen and oxygen atoms in total. The van der Waals surface area contributed by atoms with Crippen molar-refractivity contribution in [3.05, 3.63) is 63.6 Å². The maximum atomic E-state index is 12.0. The van der Waals surface area contributed by atoms with Crippen LogP contribution < -0.4 is 5.32 Å². The van der Waals surface area contributed by atoms with Crippen molar-refractivity contribution >= 4 is 41.0 Å². The minimum atomic E-state index is -0.746. The SMILES string of the molecule is Cc1cccc(NC(=O)[C@H](C)O/N=C\c2cccc(Cl)c2Cl)c1. The van der Waals surface area contributed by atoms with Gasteiger partial charge in [-0.25, -0.2) is 0 Å². The largest absolute Gasteiger partial charge is 0.383 e. The van der Waals surface area contributed by atoms with Gasteiger partial charge in [0.05, 0.1) is 16.3 Å². The number of amides is 1. The number of carbonyl (C=O) groups excluding carboxylic acids is 1.